The fourth-order valence-corrected chi connectivity index (χ4v) is 2.13. The van der Waals surface area contributed by atoms with Crippen molar-refractivity contribution in [3.05, 3.63) is 11.5 Å². The number of imidazole rings is 1. The lowest BCUT2D eigenvalue weighted by molar-refractivity contribution is 0.0521. The average Bonchev–Trinajstić information content (AvgIpc) is 2.67. The van der Waals surface area contributed by atoms with Crippen molar-refractivity contribution in [1.82, 2.24) is 9.55 Å². The average molecular weight is 253 g/mol. The van der Waals surface area contributed by atoms with Crippen LogP contribution < -0.4 is 5.73 Å². The molecule has 0 radical (unpaired) electrons. The number of anilines is 1. The van der Waals surface area contributed by atoms with Gasteiger partial charge in [0.15, 0.2) is 5.69 Å². The Hall–Kier alpha value is -1.52. The van der Waals surface area contributed by atoms with Crippen molar-refractivity contribution in [2.24, 2.45) is 0 Å². The molecule has 0 bridgehead atoms. The number of nitrogens with two attached hydrogens (primary N) is 1. The number of aromatic nitrogens is 2. The van der Waals surface area contributed by atoms with Gasteiger partial charge < -0.3 is 15.0 Å². The lowest BCUT2D eigenvalue weighted by Gasteiger charge is -2.16. The number of esters is 1. The largest absolute Gasteiger partial charge is 0.461 e. The molecule has 1 rings (SSSR count). The van der Waals surface area contributed by atoms with Crippen LogP contribution in [0.1, 0.15) is 62.9 Å². The maximum Gasteiger partial charge on any atom is 0.360 e. The van der Waals surface area contributed by atoms with Gasteiger partial charge in [0.1, 0.15) is 11.6 Å². The minimum atomic E-state index is -0.438. The highest BCUT2D eigenvalue weighted by Crippen LogP contribution is 2.24. The Morgan fingerprint density at radius 3 is 2.61 bits per heavy atom. The molecule has 0 aromatic carbocycles. The minimum absolute atomic E-state index is 0.247. The molecule has 1 aromatic heterocycles. The van der Waals surface area contributed by atoms with Crippen LogP contribution in [0.2, 0.25) is 0 Å². The van der Waals surface area contributed by atoms with Crippen molar-refractivity contribution in [3.63, 3.8) is 0 Å². The Morgan fingerprint density at radius 1 is 1.44 bits per heavy atom. The number of ether oxygens (including phenoxy) is 1. The summed E-state index contributed by atoms with van der Waals surface area (Å²) in [5, 5.41) is 0. The van der Waals surface area contributed by atoms with Gasteiger partial charge in [-0.1, -0.05) is 20.3 Å². The molecule has 1 unspecified atom stereocenters. The van der Waals surface area contributed by atoms with E-state index in [2.05, 4.69) is 18.8 Å². The van der Waals surface area contributed by atoms with Gasteiger partial charge in [-0.25, -0.2) is 9.78 Å². The van der Waals surface area contributed by atoms with Crippen LogP contribution in [-0.2, 0) is 11.2 Å². The van der Waals surface area contributed by atoms with E-state index in [1.54, 1.807) is 6.92 Å². The van der Waals surface area contributed by atoms with Crippen LogP contribution in [0.25, 0.3) is 0 Å². The summed E-state index contributed by atoms with van der Waals surface area (Å²) in [5.41, 5.74) is 6.29. The van der Waals surface area contributed by atoms with Gasteiger partial charge in [0, 0.05) is 12.5 Å². The summed E-state index contributed by atoms with van der Waals surface area (Å²) in [6.45, 7) is 8.33. The van der Waals surface area contributed by atoms with Gasteiger partial charge in [-0.2, -0.15) is 0 Å². The number of hydrogen-bond acceptors (Lipinski definition) is 4. The fourth-order valence-electron chi connectivity index (χ4n) is 2.13. The third kappa shape index (κ3) is 2.83. The zero-order chi connectivity index (χ0) is 13.7. The first-order chi connectivity index (χ1) is 8.56. The van der Waals surface area contributed by atoms with Crippen molar-refractivity contribution in [2.75, 3.05) is 12.3 Å². The van der Waals surface area contributed by atoms with Crippen LogP contribution in [0.5, 0.6) is 0 Å². The quantitative estimate of drug-likeness (QED) is 0.791. The number of nitrogens with zero attached hydrogens (tertiary/aromatic N) is 2. The lowest BCUT2D eigenvalue weighted by Crippen LogP contribution is -2.13. The maximum absolute atomic E-state index is 11.7. The first-order valence-electron chi connectivity index (χ1n) is 6.60. The number of rotatable bonds is 6. The SMILES string of the molecule is CCCC(C)n1c(CC)nc(C(=O)OCC)c1N. The van der Waals surface area contributed by atoms with Crippen molar-refractivity contribution >= 4 is 11.8 Å². The topological polar surface area (TPSA) is 70.1 Å². The van der Waals surface area contributed by atoms with E-state index >= 15 is 0 Å². The third-order valence-corrected chi connectivity index (χ3v) is 2.95. The first-order valence-corrected chi connectivity index (χ1v) is 6.60. The van der Waals surface area contributed by atoms with Gasteiger partial charge >= 0.3 is 5.97 Å². The molecule has 5 heteroatoms. The summed E-state index contributed by atoms with van der Waals surface area (Å²) in [5.74, 6) is 0.829. The van der Waals surface area contributed by atoms with Crippen molar-refractivity contribution in [3.8, 4) is 0 Å². The molecule has 0 amide bonds. The van der Waals surface area contributed by atoms with Crippen LogP contribution in [0.3, 0.4) is 0 Å². The molecule has 0 aliphatic heterocycles. The van der Waals surface area contributed by atoms with Gasteiger partial charge in [0.25, 0.3) is 0 Å². The van der Waals surface area contributed by atoms with Gasteiger partial charge in [-0.15, -0.1) is 0 Å². The Kier molecular flexibility index (Phi) is 5.19. The smallest absolute Gasteiger partial charge is 0.360 e. The summed E-state index contributed by atoms with van der Waals surface area (Å²) in [4.78, 5) is 16.1. The molecule has 2 N–H and O–H groups in total. The molecule has 0 aliphatic rings. The zero-order valence-electron chi connectivity index (χ0n) is 11.7. The van der Waals surface area contributed by atoms with E-state index in [-0.39, 0.29) is 11.7 Å². The number of hydrogen-bond donors (Lipinski definition) is 1. The second-order valence-electron chi connectivity index (χ2n) is 4.34. The van der Waals surface area contributed by atoms with Gasteiger partial charge in [0.05, 0.1) is 6.61 Å². The molecule has 0 aliphatic carbocycles. The molecule has 0 fully saturated rings. The first kappa shape index (κ1) is 14.5. The van der Waals surface area contributed by atoms with Crippen LogP contribution >= 0.6 is 0 Å². The Balaban J connectivity index is 3.13. The highest BCUT2D eigenvalue weighted by Gasteiger charge is 2.22. The molecule has 1 aromatic rings. The van der Waals surface area contributed by atoms with E-state index in [9.17, 15) is 4.79 Å². The third-order valence-electron chi connectivity index (χ3n) is 2.95. The number of carbonyl (C=O) groups excluding carboxylic acids is 1. The van der Waals surface area contributed by atoms with Crippen molar-refractivity contribution in [1.29, 1.82) is 0 Å². The molecule has 0 spiro atoms. The summed E-state index contributed by atoms with van der Waals surface area (Å²) in [6, 6.07) is 0.251. The van der Waals surface area contributed by atoms with E-state index in [1.807, 2.05) is 11.5 Å². The molecular weight excluding hydrogens is 230 g/mol. The Morgan fingerprint density at radius 2 is 2.11 bits per heavy atom. The van der Waals surface area contributed by atoms with E-state index in [4.69, 9.17) is 10.5 Å². The molecule has 102 valence electrons. The predicted molar refractivity (Wildman–Crippen MR) is 71.6 cm³/mol. The summed E-state index contributed by atoms with van der Waals surface area (Å²) < 4.78 is 6.92. The van der Waals surface area contributed by atoms with Crippen molar-refractivity contribution < 1.29 is 9.53 Å². The Labute approximate surface area is 108 Å². The van der Waals surface area contributed by atoms with Gasteiger partial charge in [-0.3, -0.25) is 0 Å². The lowest BCUT2D eigenvalue weighted by atomic mass is 10.2. The highest BCUT2D eigenvalue weighted by molar-refractivity contribution is 5.92. The number of nitrogen functional groups attached to an aromatic ring is 1. The normalized spacial score (nSPS) is 12.4. The fraction of sp³-hybridized carbons (Fsp3) is 0.692. The maximum atomic E-state index is 11.7. The van der Waals surface area contributed by atoms with E-state index < -0.39 is 5.97 Å². The van der Waals surface area contributed by atoms with E-state index in [0.717, 1.165) is 25.1 Å². The second kappa shape index (κ2) is 6.42. The number of carbonyl (C=O) groups is 1. The molecule has 1 atom stereocenters. The zero-order valence-corrected chi connectivity index (χ0v) is 11.7. The monoisotopic (exact) mass is 253 g/mol. The summed E-state index contributed by atoms with van der Waals surface area (Å²) >= 11 is 0. The summed E-state index contributed by atoms with van der Waals surface area (Å²) in [6.07, 6.45) is 2.82. The van der Waals surface area contributed by atoms with E-state index in [0.29, 0.717) is 12.4 Å². The van der Waals surface area contributed by atoms with Crippen LogP contribution in [0, 0.1) is 0 Å². The standard InChI is InChI=1S/C13H23N3O2/c1-5-8-9(4)16-10(6-2)15-11(12(16)14)13(17)18-7-3/h9H,5-8,14H2,1-4H3. The van der Waals surface area contributed by atoms with Gasteiger partial charge in [-0.05, 0) is 20.3 Å². The van der Waals surface area contributed by atoms with Crippen LogP contribution in [-0.4, -0.2) is 22.1 Å². The summed E-state index contributed by atoms with van der Waals surface area (Å²) in [7, 11) is 0. The Bertz CT molecular complexity index is 413. The molecule has 5 nitrogen and oxygen atoms in total. The molecule has 0 saturated carbocycles. The van der Waals surface area contributed by atoms with E-state index in [1.165, 1.54) is 0 Å². The second-order valence-corrected chi connectivity index (χ2v) is 4.34. The molecule has 0 saturated heterocycles. The van der Waals surface area contributed by atoms with Gasteiger partial charge in [0.2, 0.25) is 0 Å². The molecular formula is C13H23N3O2. The van der Waals surface area contributed by atoms with Crippen LogP contribution in [0.15, 0.2) is 0 Å². The molecule has 1 heterocycles. The predicted octanol–water partition coefficient (Wildman–Crippen LogP) is 2.57. The molecule has 18 heavy (non-hydrogen) atoms. The van der Waals surface area contributed by atoms with Crippen molar-refractivity contribution in [2.45, 2.75) is 53.0 Å². The van der Waals surface area contributed by atoms with Crippen LogP contribution in [0.4, 0.5) is 5.82 Å². The highest BCUT2D eigenvalue weighted by atomic mass is 16.5. The minimum Gasteiger partial charge on any atom is -0.461 e. The number of aryl methyl sites for hydroxylation is 1.